The van der Waals surface area contributed by atoms with Gasteiger partial charge >= 0.3 is 6.09 Å². The van der Waals surface area contributed by atoms with Gasteiger partial charge in [0.25, 0.3) is 5.91 Å². The quantitative estimate of drug-likeness (QED) is 0.787. The lowest BCUT2D eigenvalue weighted by Gasteiger charge is -2.35. The van der Waals surface area contributed by atoms with Crippen LogP contribution in [-0.2, 0) is 9.47 Å². The van der Waals surface area contributed by atoms with Crippen LogP contribution < -0.4 is 4.90 Å². The predicted molar refractivity (Wildman–Crippen MR) is 86.5 cm³/mol. The maximum Gasteiger partial charge on any atom is 0.410 e. The standard InChI is InChI=1S/C16H22N4O5/c21-15(13-11-14(17-25-13)18-5-8-23-9-6-18)19-3-1-12(2-4-19)20-7-10-24-16(20)22/h11-12H,1-10H2. The van der Waals surface area contributed by atoms with E-state index in [0.29, 0.717) is 45.3 Å². The molecule has 0 bridgehead atoms. The van der Waals surface area contributed by atoms with E-state index < -0.39 is 0 Å². The molecule has 4 rings (SSSR count). The molecule has 0 N–H and O–H groups in total. The minimum atomic E-state index is -0.241. The molecule has 0 aliphatic carbocycles. The number of hydrogen-bond donors (Lipinski definition) is 0. The van der Waals surface area contributed by atoms with Gasteiger partial charge in [0.2, 0.25) is 5.76 Å². The van der Waals surface area contributed by atoms with E-state index >= 15 is 0 Å². The van der Waals surface area contributed by atoms with E-state index in [9.17, 15) is 9.59 Å². The Kier molecular flexibility index (Phi) is 4.48. The summed E-state index contributed by atoms with van der Waals surface area (Å²) in [5.74, 6) is 0.802. The van der Waals surface area contributed by atoms with Crippen molar-refractivity contribution in [1.29, 1.82) is 0 Å². The molecule has 0 aromatic carbocycles. The molecule has 0 saturated carbocycles. The number of cyclic esters (lactones) is 1. The van der Waals surface area contributed by atoms with Crippen LogP contribution in [0, 0.1) is 0 Å². The SMILES string of the molecule is O=C(c1cc(N2CCOCC2)no1)N1CCC(N2CCOC2=O)CC1. The minimum absolute atomic E-state index is 0.144. The molecule has 1 aromatic rings. The van der Waals surface area contributed by atoms with Crippen LogP contribution in [-0.4, -0.2) is 85.5 Å². The fraction of sp³-hybridized carbons (Fsp3) is 0.688. The smallest absolute Gasteiger partial charge is 0.410 e. The van der Waals surface area contributed by atoms with E-state index in [1.165, 1.54) is 0 Å². The second-order valence-electron chi connectivity index (χ2n) is 6.48. The van der Waals surface area contributed by atoms with Crippen LogP contribution in [0.15, 0.2) is 10.6 Å². The summed E-state index contributed by atoms with van der Waals surface area (Å²) in [6.07, 6.45) is 1.27. The number of nitrogens with zero attached hydrogens (tertiary/aromatic N) is 4. The topological polar surface area (TPSA) is 88.4 Å². The van der Waals surface area contributed by atoms with Crippen molar-refractivity contribution >= 4 is 17.8 Å². The lowest BCUT2D eigenvalue weighted by molar-refractivity contribution is 0.0618. The van der Waals surface area contributed by atoms with Gasteiger partial charge in [-0.3, -0.25) is 4.79 Å². The molecule has 0 radical (unpaired) electrons. The summed E-state index contributed by atoms with van der Waals surface area (Å²) in [6.45, 7) is 5.10. The minimum Gasteiger partial charge on any atom is -0.448 e. The molecule has 9 heteroatoms. The Hall–Kier alpha value is -2.29. The van der Waals surface area contributed by atoms with Gasteiger partial charge in [-0.1, -0.05) is 5.16 Å². The lowest BCUT2D eigenvalue weighted by Crippen LogP contribution is -2.47. The Morgan fingerprint density at radius 1 is 1.08 bits per heavy atom. The molecular weight excluding hydrogens is 328 g/mol. The average molecular weight is 350 g/mol. The van der Waals surface area contributed by atoms with Crippen LogP contribution in [0.4, 0.5) is 10.6 Å². The monoisotopic (exact) mass is 350 g/mol. The van der Waals surface area contributed by atoms with Crippen molar-refractivity contribution in [2.75, 3.05) is 57.4 Å². The van der Waals surface area contributed by atoms with Crippen molar-refractivity contribution in [1.82, 2.24) is 15.0 Å². The van der Waals surface area contributed by atoms with Gasteiger partial charge in [-0.2, -0.15) is 0 Å². The van der Waals surface area contributed by atoms with Crippen molar-refractivity contribution in [3.63, 3.8) is 0 Å². The number of amides is 2. The Morgan fingerprint density at radius 2 is 1.84 bits per heavy atom. The van der Waals surface area contributed by atoms with Gasteiger partial charge in [0, 0.05) is 38.3 Å². The third kappa shape index (κ3) is 3.28. The Labute approximate surface area is 145 Å². The molecule has 3 fully saturated rings. The molecule has 136 valence electrons. The second kappa shape index (κ2) is 6.91. The highest BCUT2D eigenvalue weighted by Crippen LogP contribution is 2.23. The molecule has 4 heterocycles. The van der Waals surface area contributed by atoms with E-state index in [0.717, 1.165) is 25.9 Å². The summed E-state index contributed by atoms with van der Waals surface area (Å²) in [5, 5.41) is 4.02. The fourth-order valence-corrected chi connectivity index (χ4v) is 3.58. The molecule has 2 amide bonds. The highest BCUT2D eigenvalue weighted by molar-refractivity contribution is 5.92. The van der Waals surface area contributed by atoms with Gasteiger partial charge in [0.15, 0.2) is 5.82 Å². The van der Waals surface area contributed by atoms with Gasteiger partial charge in [0.05, 0.1) is 19.8 Å². The van der Waals surface area contributed by atoms with Crippen LogP contribution in [0.2, 0.25) is 0 Å². The van der Waals surface area contributed by atoms with Gasteiger partial charge in [0.1, 0.15) is 6.61 Å². The molecular formula is C16H22N4O5. The average Bonchev–Trinajstić information content (AvgIpc) is 3.31. The summed E-state index contributed by atoms with van der Waals surface area (Å²) < 4.78 is 15.6. The van der Waals surface area contributed by atoms with Crippen LogP contribution >= 0.6 is 0 Å². The summed E-state index contributed by atoms with van der Waals surface area (Å²) in [7, 11) is 0. The lowest BCUT2D eigenvalue weighted by atomic mass is 10.0. The number of hydrogen-bond acceptors (Lipinski definition) is 7. The van der Waals surface area contributed by atoms with Crippen molar-refractivity contribution in [2.45, 2.75) is 18.9 Å². The van der Waals surface area contributed by atoms with Gasteiger partial charge in [-0.05, 0) is 12.8 Å². The van der Waals surface area contributed by atoms with E-state index in [2.05, 4.69) is 10.1 Å². The molecule has 9 nitrogen and oxygen atoms in total. The Balaban J connectivity index is 1.34. The molecule has 3 saturated heterocycles. The first kappa shape index (κ1) is 16.2. The van der Waals surface area contributed by atoms with Gasteiger partial charge in [-0.15, -0.1) is 0 Å². The molecule has 3 aliphatic heterocycles. The summed E-state index contributed by atoms with van der Waals surface area (Å²) in [5.41, 5.74) is 0. The first-order valence-electron chi connectivity index (χ1n) is 8.74. The van der Waals surface area contributed by atoms with E-state index in [1.54, 1.807) is 15.9 Å². The van der Waals surface area contributed by atoms with Crippen LogP contribution in [0.1, 0.15) is 23.4 Å². The van der Waals surface area contributed by atoms with Crippen LogP contribution in [0.25, 0.3) is 0 Å². The van der Waals surface area contributed by atoms with Crippen molar-refractivity contribution in [2.24, 2.45) is 0 Å². The zero-order valence-corrected chi connectivity index (χ0v) is 14.1. The van der Waals surface area contributed by atoms with Crippen molar-refractivity contribution in [3.8, 4) is 0 Å². The summed E-state index contributed by atoms with van der Waals surface area (Å²) in [4.78, 5) is 29.9. The molecule has 0 unspecified atom stereocenters. The van der Waals surface area contributed by atoms with E-state index in [-0.39, 0.29) is 23.8 Å². The van der Waals surface area contributed by atoms with Gasteiger partial charge < -0.3 is 28.7 Å². The van der Waals surface area contributed by atoms with E-state index in [4.69, 9.17) is 14.0 Å². The highest BCUT2D eigenvalue weighted by Gasteiger charge is 2.34. The molecule has 0 atom stereocenters. The predicted octanol–water partition coefficient (Wildman–Crippen LogP) is 0.568. The highest BCUT2D eigenvalue weighted by atomic mass is 16.6. The normalized spacial score (nSPS) is 22.4. The van der Waals surface area contributed by atoms with E-state index in [1.807, 2.05) is 0 Å². The largest absolute Gasteiger partial charge is 0.448 e. The third-order valence-electron chi connectivity index (χ3n) is 5.03. The Bertz CT molecular complexity index is 634. The second-order valence-corrected chi connectivity index (χ2v) is 6.48. The number of carbonyl (C=O) groups is 2. The number of anilines is 1. The number of likely N-dealkylation sites (tertiary alicyclic amines) is 1. The molecule has 3 aliphatic rings. The number of piperidine rings is 1. The number of morpholine rings is 1. The number of aromatic nitrogens is 1. The third-order valence-corrected chi connectivity index (χ3v) is 5.03. The number of ether oxygens (including phenoxy) is 2. The maximum absolute atomic E-state index is 12.6. The Morgan fingerprint density at radius 3 is 2.52 bits per heavy atom. The maximum atomic E-state index is 12.6. The zero-order chi connectivity index (χ0) is 17.2. The fourth-order valence-electron chi connectivity index (χ4n) is 3.58. The molecule has 1 aromatic heterocycles. The summed E-state index contributed by atoms with van der Waals surface area (Å²) in [6, 6.07) is 1.86. The van der Waals surface area contributed by atoms with Crippen molar-refractivity contribution < 1.29 is 23.6 Å². The molecule has 25 heavy (non-hydrogen) atoms. The molecule has 0 spiro atoms. The first-order chi connectivity index (χ1) is 12.2. The zero-order valence-electron chi connectivity index (χ0n) is 14.1. The van der Waals surface area contributed by atoms with Crippen LogP contribution in [0.3, 0.4) is 0 Å². The summed E-state index contributed by atoms with van der Waals surface area (Å²) >= 11 is 0. The number of rotatable bonds is 3. The van der Waals surface area contributed by atoms with Crippen LogP contribution in [0.5, 0.6) is 0 Å². The van der Waals surface area contributed by atoms with Gasteiger partial charge in [-0.25, -0.2) is 4.79 Å². The number of carbonyl (C=O) groups excluding carboxylic acids is 2. The first-order valence-corrected chi connectivity index (χ1v) is 8.74. The van der Waals surface area contributed by atoms with Crippen molar-refractivity contribution in [3.05, 3.63) is 11.8 Å².